The minimum absolute atomic E-state index is 0.400. The SMILES string of the molecule is CNc1ncnc(NC2CCCCC2SC)c1C(C)C. The fourth-order valence-electron chi connectivity index (χ4n) is 2.98. The molecule has 1 aromatic rings. The molecule has 0 aromatic carbocycles. The fraction of sp³-hybridized carbons (Fsp3) is 0.733. The number of aromatic nitrogens is 2. The summed E-state index contributed by atoms with van der Waals surface area (Å²) in [5, 5.41) is 7.57. The van der Waals surface area contributed by atoms with Crippen LogP contribution in [0.4, 0.5) is 11.6 Å². The molecule has 0 bridgehead atoms. The molecule has 0 saturated heterocycles. The van der Waals surface area contributed by atoms with Gasteiger partial charge in [-0.1, -0.05) is 26.7 Å². The summed E-state index contributed by atoms with van der Waals surface area (Å²) in [4.78, 5) is 8.84. The highest BCUT2D eigenvalue weighted by molar-refractivity contribution is 7.99. The smallest absolute Gasteiger partial charge is 0.135 e. The summed E-state index contributed by atoms with van der Waals surface area (Å²) in [6.45, 7) is 4.38. The Morgan fingerprint density at radius 2 is 1.90 bits per heavy atom. The van der Waals surface area contributed by atoms with Crippen LogP contribution in [0.1, 0.15) is 51.0 Å². The molecular weight excluding hydrogens is 268 g/mol. The van der Waals surface area contributed by atoms with E-state index in [4.69, 9.17) is 0 Å². The van der Waals surface area contributed by atoms with E-state index in [-0.39, 0.29) is 0 Å². The Hall–Kier alpha value is -0.970. The Bertz CT molecular complexity index is 436. The zero-order valence-corrected chi connectivity index (χ0v) is 13.8. The lowest BCUT2D eigenvalue weighted by Gasteiger charge is -2.32. The largest absolute Gasteiger partial charge is 0.373 e. The van der Waals surface area contributed by atoms with Gasteiger partial charge >= 0.3 is 0 Å². The predicted octanol–water partition coefficient (Wildman–Crippen LogP) is 3.73. The Morgan fingerprint density at radius 1 is 1.20 bits per heavy atom. The van der Waals surface area contributed by atoms with Gasteiger partial charge < -0.3 is 10.6 Å². The second-order valence-electron chi connectivity index (χ2n) is 5.70. The van der Waals surface area contributed by atoms with Gasteiger partial charge in [0.25, 0.3) is 0 Å². The first-order valence-electron chi connectivity index (χ1n) is 7.49. The van der Waals surface area contributed by atoms with E-state index in [1.807, 2.05) is 18.8 Å². The number of nitrogens with zero attached hydrogens (tertiary/aromatic N) is 2. The van der Waals surface area contributed by atoms with Gasteiger partial charge in [0.1, 0.15) is 18.0 Å². The topological polar surface area (TPSA) is 49.8 Å². The van der Waals surface area contributed by atoms with Gasteiger partial charge in [-0.25, -0.2) is 9.97 Å². The molecule has 112 valence electrons. The number of nitrogens with one attached hydrogen (secondary N) is 2. The molecule has 2 atom stereocenters. The third-order valence-corrected chi connectivity index (χ3v) is 5.20. The zero-order chi connectivity index (χ0) is 14.5. The summed E-state index contributed by atoms with van der Waals surface area (Å²) in [6, 6.07) is 0.524. The van der Waals surface area contributed by atoms with Gasteiger partial charge in [-0.15, -0.1) is 0 Å². The average Bonchev–Trinajstić information content (AvgIpc) is 2.47. The van der Waals surface area contributed by atoms with Crippen molar-refractivity contribution in [2.75, 3.05) is 23.9 Å². The number of hydrogen-bond acceptors (Lipinski definition) is 5. The van der Waals surface area contributed by atoms with Crippen LogP contribution in [0.25, 0.3) is 0 Å². The van der Waals surface area contributed by atoms with Crippen LogP contribution in [-0.4, -0.2) is 34.6 Å². The Morgan fingerprint density at radius 3 is 2.55 bits per heavy atom. The van der Waals surface area contributed by atoms with Crippen LogP contribution in [0, 0.1) is 0 Å². The second kappa shape index (κ2) is 7.16. The van der Waals surface area contributed by atoms with Gasteiger partial charge in [-0.2, -0.15) is 11.8 Å². The Kier molecular flexibility index (Phi) is 5.52. The molecule has 20 heavy (non-hydrogen) atoms. The van der Waals surface area contributed by atoms with E-state index in [2.05, 4.69) is 40.7 Å². The Balaban J connectivity index is 2.23. The van der Waals surface area contributed by atoms with Gasteiger partial charge in [0.15, 0.2) is 0 Å². The minimum Gasteiger partial charge on any atom is -0.373 e. The van der Waals surface area contributed by atoms with Crippen molar-refractivity contribution in [3.05, 3.63) is 11.9 Å². The lowest BCUT2D eigenvalue weighted by Crippen LogP contribution is -2.35. The number of thioether (sulfide) groups is 1. The maximum Gasteiger partial charge on any atom is 0.135 e. The molecule has 2 rings (SSSR count). The van der Waals surface area contributed by atoms with Crippen molar-refractivity contribution >= 4 is 23.4 Å². The predicted molar refractivity (Wildman–Crippen MR) is 88.8 cm³/mol. The van der Waals surface area contributed by atoms with Crippen LogP contribution in [-0.2, 0) is 0 Å². The molecule has 2 N–H and O–H groups in total. The van der Waals surface area contributed by atoms with Crippen molar-refractivity contribution in [3.63, 3.8) is 0 Å². The molecule has 1 aliphatic rings. The van der Waals surface area contributed by atoms with Gasteiger partial charge in [0.2, 0.25) is 0 Å². The molecule has 0 spiro atoms. The zero-order valence-electron chi connectivity index (χ0n) is 12.9. The van der Waals surface area contributed by atoms with Crippen LogP contribution < -0.4 is 10.6 Å². The molecule has 1 aliphatic carbocycles. The highest BCUT2D eigenvalue weighted by Gasteiger charge is 2.26. The van der Waals surface area contributed by atoms with Crippen LogP contribution in [0.15, 0.2) is 6.33 Å². The van der Waals surface area contributed by atoms with E-state index in [0.717, 1.165) is 11.6 Å². The first-order chi connectivity index (χ1) is 9.67. The molecule has 5 heteroatoms. The van der Waals surface area contributed by atoms with Crippen LogP contribution in [0.3, 0.4) is 0 Å². The number of rotatable bonds is 5. The van der Waals surface area contributed by atoms with Crippen molar-refractivity contribution in [3.8, 4) is 0 Å². The van der Waals surface area contributed by atoms with E-state index >= 15 is 0 Å². The summed E-state index contributed by atoms with van der Waals surface area (Å²) in [5.74, 6) is 2.34. The van der Waals surface area contributed by atoms with Gasteiger partial charge in [-0.05, 0) is 25.0 Å². The first-order valence-corrected chi connectivity index (χ1v) is 8.78. The van der Waals surface area contributed by atoms with Crippen molar-refractivity contribution in [1.82, 2.24) is 9.97 Å². The molecule has 2 unspecified atom stereocenters. The van der Waals surface area contributed by atoms with E-state index in [1.54, 1.807) is 6.33 Å². The van der Waals surface area contributed by atoms with Crippen molar-refractivity contribution in [2.45, 2.75) is 56.7 Å². The van der Waals surface area contributed by atoms with E-state index in [0.29, 0.717) is 17.2 Å². The average molecular weight is 294 g/mol. The quantitative estimate of drug-likeness (QED) is 0.866. The summed E-state index contributed by atoms with van der Waals surface area (Å²) in [6.07, 6.45) is 9.08. The highest BCUT2D eigenvalue weighted by Crippen LogP contribution is 2.33. The fourth-order valence-corrected chi connectivity index (χ4v) is 3.91. The van der Waals surface area contributed by atoms with Gasteiger partial charge in [-0.3, -0.25) is 0 Å². The summed E-state index contributed by atoms with van der Waals surface area (Å²) >= 11 is 1.98. The normalized spacial score (nSPS) is 22.9. The molecule has 4 nitrogen and oxygen atoms in total. The minimum atomic E-state index is 0.400. The van der Waals surface area contributed by atoms with Crippen molar-refractivity contribution in [1.29, 1.82) is 0 Å². The summed E-state index contributed by atoms with van der Waals surface area (Å²) < 4.78 is 0. The van der Waals surface area contributed by atoms with E-state index < -0.39 is 0 Å². The number of hydrogen-bond donors (Lipinski definition) is 2. The molecule has 0 aliphatic heterocycles. The summed E-state index contributed by atoms with van der Waals surface area (Å²) in [7, 11) is 1.92. The molecule has 1 saturated carbocycles. The second-order valence-corrected chi connectivity index (χ2v) is 6.78. The third-order valence-electron chi connectivity index (χ3n) is 4.03. The Labute approximate surface area is 126 Å². The van der Waals surface area contributed by atoms with Crippen molar-refractivity contribution in [2.24, 2.45) is 0 Å². The first kappa shape index (κ1) is 15.4. The van der Waals surface area contributed by atoms with Crippen LogP contribution in [0.5, 0.6) is 0 Å². The van der Waals surface area contributed by atoms with E-state index in [9.17, 15) is 0 Å². The highest BCUT2D eigenvalue weighted by atomic mass is 32.2. The van der Waals surface area contributed by atoms with Gasteiger partial charge in [0, 0.05) is 23.9 Å². The standard InChI is InChI=1S/C15H26N4S/c1-10(2)13-14(16-3)17-9-18-15(13)19-11-7-5-6-8-12(11)20-4/h9-12H,5-8H2,1-4H3,(H2,16,17,18,19). The molecular formula is C15H26N4S. The maximum atomic E-state index is 4.50. The maximum absolute atomic E-state index is 4.50. The lowest BCUT2D eigenvalue weighted by atomic mass is 9.94. The van der Waals surface area contributed by atoms with E-state index in [1.165, 1.54) is 31.2 Å². The van der Waals surface area contributed by atoms with Crippen molar-refractivity contribution < 1.29 is 0 Å². The molecule has 0 radical (unpaired) electrons. The van der Waals surface area contributed by atoms with Gasteiger partial charge in [0.05, 0.1) is 0 Å². The number of anilines is 2. The monoisotopic (exact) mass is 294 g/mol. The summed E-state index contributed by atoms with van der Waals surface area (Å²) in [5.41, 5.74) is 1.19. The lowest BCUT2D eigenvalue weighted by molar-refractivity contribution is 0.473. The van der Waals surface area contributed by atoms with Crippen LogP contribution in [0.2, 0.25) is 0 Å². The molecule has 1 heterocycles. The molecule has 0 amide bonds. The molecule has 1 aromatic heterocycles. The van der Waals surface area contributed by atoms with Crippen LogP contribution >= 0.6 is 11.8 Å². The molecule has 1 fully saturated rings. The third kappa shape index (κ3) is 3.37.